The maximum absolute atomic E-state index is 5.16. The molecule has 0 aliphatic carbocycles. The average Bonchev–Trinajstić information content (AvgIpc) is 2.12. The van der Waals surface area contributed by atoms with Crippen LogP contribution in [0.1, 0.15) is 5.56 Å². The molecule has 0 radical (unpaired) electrons. The summed E-state index contributed by atoms with van der Waals surface area (Å²) in [6.45, 7) is 3.53. The van der Waals surface area contributed by atoms with E-state index >= 15 is 0 Å². The van der Waals surface area contributed by atoms with Gasteiger partial charge in [-0.15, -0.1) is 0 Å². The molecule has 1 saturated heterocycles. The third-order valence-electron chi connectivity index (χ3n) is 2.18. The monoisotopic (exact) mass is 194 g/mol. The van der Waals surface area contributed by atoms with Gasteiger partial charge in [-0.2, -0.15) is 0 Å². The number of methoxy groups -OCH3 is 1. The summed E-state index contributed by atoms with van der Waals surface area (Å²) in [6.07, 6.45) is 1.79. The van der Waals surface area contributed by atoms with Crippen molar-refractivity contribution in [2.45, 2.75) is 13.0 Å². The number of hydrogen-bond donors (Lipinski definition) is 1. The third-order valence-corrected chi connectivity index (χ3v) is 2.18. The largest absolute Gasteiger partial charge is 0.480 e. The van der Waals surface area contributed by atoms with Crippen LogP contribution >= 0.6 is 0 Å². The van der Waals surface area contributed by atoms with Gasteiger partial charge in [0.25, 0.3) is 0 Å². The summed E-state index contributed by atoms with van der Waals surface area (Å²) in [6, 6.07) is 2.43. The van der Waals surface area contributed by atoms with Gasteiger partial charge in [-0.25, -0.2) is 4.98 Å². The predicted octanol–water partition coefficient (Wildman–Crippen LogP) is 1.21. The van der Waals surface area contributed by atoms with Crippen LogP contribution in [-0.4, -0.2) is 31.3 Å². The van der Waals surface area contributed by atoms with Crippen molar-refractivity contribution in [2.24, 2.45) is 0 Å². The normalized spacial score (nSPS) is 16.1. The van der Waals surface area contributed by atoms with Crippen LogP contribution in [0.25, 0.3) is 0 Å². The Morgan fingerprint density at radius 3 is 2.93 bits per heavy atom. The molecule has 0 saturated carbocycles. The number of ether oxygens (including phenoxy) is 2. The summed E-state index contributed by atoms with van der Waals surface area (Å²) < 4.78 is 10.2. The zero-order valence-electron chi connectivity index (χ0n) is 8.41. The first-order valence-electron chi connectivity index (χ1n) is 4.64. The van der Waals surface area contributed by atoms with Gasteiger partial charge in [0.15, 0.2) is 0 Å². The Bertz CT molecular complexity index is 324. The predicted molar refractivity (Wildman–Crippen MR) is 53.8 cm³/mol. The molecule has 0 spiro atoms. The maximum Gasteiger partial charge on any atom is 0.237 e. The highest BCUT2D eigenvalue weighted by atomic mass is 16.5. The second-order valence-electron chi connectivity index (χ2n) is 3.45. The van der Waals surface area contributed by atoms with Crippen LogP contribution in [0, 0.1) is 6.92 Å². The molecule has 1 N–H and O–H groups in total. The lowest BCUT2D eigenvalue weighted by atomic mass is 10.2. The molecule has 0 atom stereocenters. The molecular weight excluding hydrogens is 180 g/mol. The number of hydrogen-bond acceptors (Lipinski definition) is 4. The Morgan fingerprint density at radius 2 is 2.36 bits per heavy atom. The molecule has 14 heavy (non-hydrogen) atoms. The average molecular weight is 194 g/mol. The van der Waals surface area contributed by atoms with E-state index in [0.29, 0.717) is 11.9 Å². The zero-order valence-corrected chi connectivity index (χ0v) is 8.41. The summed E-state index contributed by atoms with van der Waals surface area (Å²) in [5.74, 6) is 0.641. The molecule has 1 fully saturated rings. The van der Waals surface area contributed by atoms with Gasteiger partial charge in [-0.1, -0.05) is 0 Å². The first-order chi connectivity index (χ1) is 6.79. The van der Waals surface area contributed by atoms with Crippen molar-refractivity contribution in [1.82, 2.24) is 4.98 Å². The summed E-state index contributed by atoms with van der Waals surface area (Å²) in [5, 5.41) is 3.33. The van der Waals surface area contributed by atoms with E-state index in [0.717, 1.165) is 24.5 Å². The Labute approximate surface area is 83.2 Å². The van der Waals surface area contributed by atoms with Gasteiger partial charge >= 0.3 is 0 Å². The van der Waals surface area contributed by atoms with Crippen LogP contribution in [0.15, 0.2) is 12.3 Å². The van der Waals surface area contributed by atoms with E-state index in [9.17, 15) is 0 Å². The van der Waals surface area contributed by atoms with Gasteiger partial charge in [0.2, 0.25) is 5.88 Å². The molecule has 1 aromatic rings. The molecule has 4 nitrogen and oxygen atoms in total. The molecule has 1 aromatic heterocycles. The second kappa shape index (κ2) is 3.84. The number of aryl methyl sites for hydroxylation is 1. The van der Waals surface area contributed by atoms with Gasteiger partial charge in [-0.3, -0.25) is 0 Å². The lowest BCUT2D eigenvalue weighted by Gasteiger charge is -2.28. The minimum Gasteiger partial charge on any atom is -0.480 e. The van der Waals surface area contributed by atoms with Gasteiger partial charge in [0, 0.05) is 6.20 Å². The first-order valence-corrected chi connectivity index (χ1v) is 4.64. The summed E-state index contributed by atoms with van der Waals surface area (Å²) in [4.78, 5) is 4.18. The van der Waals surface area contributed by atoms with E-state index in [1.165, 1.54) is 0 Å². The molecule has 2 rings (SSSR count). The first kappa shape index (κ1) is 9.27. The summed E-state index contributed by atoms with van der Waals surface area (Å²) in [5.41, 5.74) is 2.06. The topological polar surface area (TPSA) is 43.4 Å². The number of aromatic nitrogens is 1. The van der Waals surface area contributed by atoms with Gasteiger partial charge in [0.05, 0.1) is 32.1 Å². The molecule has 0 aromatic carbocycles. The minimum atomic E-state index is 0.396. The van der Waals surface area contributed by atoms with Crippen molar-refractivity contribution in [2.75, 3.05) is 25.6 Å². The molecule has 2 heterocycles. The molecule has 1 aliphatic rings. The smallest absolute Gasteiger partial charge is 0.237 e. The number of rotatable bonds is 3. The van der Waals surface area contributed by atoms with Crippen molar-refractivity contribution in [1.29, 1.82) is 0 Å². The van der Waals surface area contributed by atoms with E-state index in [4.69, 9.17) is 9.47 Å². The fraction of sp³-hybridized carbons (Fsp3) is 0.500. The van der Waals surface area contributed by atoms with Crippen LogP contribution in [-0.2, 0) is 4.74 Å². The quantitative estimate of drug-likeness (QED) is 0.785. The Morgan fingerprint density at radius 1 is 1.57 bits per heavy atom. The van der Waals surface area contributed by atoms with Crippen molar-refractivity contribution < 1.29 is 9.47 Å². The van der Waals surface area contributed by atoms with E-state index < -0.39 is 0 Å². The molecule has 1 aliphatic heterocycles. The Balaban J connectivity index is 2.15. The fourth-order valence-electron chi connectivity index (χ4n) is 1.36. The fourth-order valence-corrected chi connectivity index (χ4v) is 1.36. The number of anilines is 1. The summed E-state index contributed by atoms with van der Waals surface area (Å²) >= 11 is 0. The van der Waals surface area contributed by atoms with E-state index in [1.54, 1.807) is 13.3 Å². The van der Waals surface area contributed by atoms with Crippen molar-refractivity contribution in [3.8, 4) is 5.88 Å². The Kier molecular flexibility index (Phi) is 2.54. The van der Waals surface area contributed by atoms with Crippen LogP contribution in [0.2, 0.25) is 0 Å². The van der Waals surface area contributed by atoms with Gasteiger partial charge in [0.1, 0.15) is 0 Å². The van der Waals surface area contributed by atoms with Gasteiger partial charge in [-0.05, 0) is 18.6 Å². The number of nitrogens with zero attached hydrogens (tertiary/aromatic N) is 1. The maximum atomic E-state index is 5.16. The Hall–Kier alpha value is -1.29. The second-order valence-corrected chi connectivity index (χ2v) is 3.45. The van der Waals surface area contributed by atoms with Crippen molar-refractivity contribution in [3.05, 3.63) is 17.8 Å². The van der Waals surface area contributed by atoms with Crippen LogP contribution in [0.3, 0.4) is 0 Å². The highest BCUT2D eigenvalue weighted by Crippen LogP contribution is 2.23. The molecule has 0 bridgehead atoms. The lowest BCUT2D eigenvalue weighted by Crippen LogP contribution is -2.40. The van der Waals surface area contributed by atoms with Crippen LogP contribution in [0.4, 0.5) is 5.69 Å². The third kappa shape index (κ3) is 1.80. The van der Waals surface area contributed by atoms with E-state index in [-0.39, 0.29) is 0 Å². The molecular formula is C10H14N2O2. The minimum absolute atomic E-state index is 0.396. The molecule has 0 unspecified atom stereocenters. The highest BCUT2D eigenvalue weighted by Gasteiger charge is 2.19. The van der Waals surface area contributed by atoms with E-state index in [2.05, 4.69) is 10.3 Å². The van der Waals surface area contributed by atoms with E-state index in [1.807, 2.05) is 13.0 Å². The van der Waals surface area contributed by atoms with Crippen LogP contribution in [0.5, 0.6) is 5.88 Å². The molecule has 0 amide bonds. The number of pyridine rings is 1. The number of nitrogens with one attached hydrogen (secondary N) is 1. The molecule has 76 valence electrons. The molecule has 4 heteroatoms. The van der Waals surface area contributed by atoms with Crippen molar-refractivity contribution >= 4 is 5.69 Å². The van der Waals surface area contributed by atoms with Crippen LogP contribution < -0.4 is 10.1 Å². The summed E-state index contributed by atoms with van der Waals surface area (Å²) in [7, 11) is 1.63. The van der Waals surface area contributed by atoms with Gasteiger partial charge < -0.3 is 14.8 Å². The van der Waals surface area contributed by atoms with Crippen molar-refractivity contribution in [3.63, 3.8) is 0 Å². The highest BCUT2D eigenvalue weighted by molar-refractivity contribution is 5.54. The SMILES string of the molecule is COc1ncc(C)cc1NC1COC1. The zero-order chi connectivity index (χ0) is 9.97. The lowest BCUT2D eigenvalue weighted by molar-refractivity contribution is 0.0210. The standard InChI is InChI=1S/C10H14N2O2/c1-7-3-9(10(13-2)11-4-7)12-8-5-14-6-8/h3-4,8,12H,5-6H2,1-2H3.